The van der Waals surface area contributed by atoms with Gasteiger partial charge in [-0.3, -0.25) is 9.69 Å². The van der Waals surface area contributed by atoms with Gasteiger partial charge in [0.15, 0.2) is 0 Å². The van der Waals surface area contributed by atoms with E-state index in [2.05, 4.69) is 24.4 Å². The summed E-state index contributed by atoms with van der Waals surface area (Å²) < 4.78 is 5.35. The summed E-state index contributed by atoms with van der Waals surface area (Å²) in [7, 11) is 3.53. The third-order valence-electron chi connectivity index (χ3n) is 4.07. The average Bonchev–Trinajstić information content (AvgIpc) is 2.60. The van der Waals surface area contributed by atoms with Gasteiger partial charge in [-0.15, -0.1) is 0 Å². The molecule has 0 spiro atoms. The SMILES string of the molecule is COc1ccc(Cl)cc1CN(C)CC(=O)NC[C@H](C)c1ccccc1. The first kappa shape index (κ1) is 19.3. The first-order chi connectivity index (χ1) is 12.0. The maximum Gasteiger partial charge on any atom is 0.234 e. The van der Waals surface area contributed by atoms with Gasteiger partial charge in [-0.1, -0.05) is 48.9 Å². The van der Waals surface area contributed by atoms with Gasteiger partial charge in [0, 0.05) is 23.7 Å². The molecule has 0 bridgehead atoms. The summed E-state index contributed by atoms with van der Waals surface area (Å²) in [5.41, 5.74) is 2.18. The smallest absolute Gasteiger partial charge is 0.234 e. The van der Waals surface area contributed by atoms with Crippen molar-refractivity contribution in [1.29, 1.82) is 0 Å². The van der Waals surface area contributed by atoms with E-state index in [4.69, 9.17) is 16.3 Å². The van der Waals surface area contributed by atoms with Crippen LogP contribution in [0.2, 0.25) is 5.02 Å². The topological polar surface area (TPSA) is 41.6 Å². The van der Waals surface area contributed by atoms with Crippen LogP contribution in [0.5, 0.6) is 5.75 Å². The van der Waals surface area contributed by atoms with Crippen molar-refractivity contribution in [3.63, 3.8) is 0 Å². The Morgan fingerprint density at radius 1 is 1.24 bits per heavy atom. The molecule has 2 aromatic carbocycles. The Balaban J connectivity index is 1.83. The van der Waals surface area contributed by atoms with Crippen molar-refractivity contribution < 1.29 is 9.53 Å². The number of carbonyl (C=O) groups is 1. The van der Waals surface area contributed by atoms with Crippen LogP contribution in [-0.2, 0) is 11.3 Å². The van der Waals surface area contributed by atoms with Crippen LogP contribution in [0.1, 0.15) is 24.0 Å². The van der Waals surface area contributed by atoms with Crippen molar-refractivity contribution in [1.82, 2.24) is 10.2 Å². The van der Waals surface area contributed by atoms with Crippen LogP contribution in [0.25, 0.3) is 0 Å². The van der Waals surface area contributed by atoms with E-state index in [1.807, 2.05) is 42.3 Å². The van der Waals surface area contributed by atoms with Gasteiger partial charge in [0.2, 0.25) is 5.91 Å². The molecule has 0 unspecified atom stereocenters. The Morgan fingerprint density at radius 2 is 1.96 bits per heavy atom. The molecule has 0 fully saturated rings. The summed E-state index contributed by atoms with van der Waals surface area (Å²) in [6.45, 7) is 3.63. The van der Waals surface area contributed by atoms with Crippen LogP contribution in [-0.4, -0.2) is 38.1 Å². The number of nitrogens with zero attached hydrogens (tertiary/aromatic N) is 1. The summed E-state index contributed by atoms with van der Waals surface area (Å²) >= 11 is 6.05. The number of hydrogen-bond donors (Lipinski definition) is 1. The van der Waals surface area contributed by atoms with Crippen molar-refractivity contribution in [3.8, 4) is 5.75 Å². The normalized spacial score (nSPS) is 12.0. The van der Waals surface area contributed by atoms with E-state index < -0.39 is 0 Å². The number of rotatable bonds is 8. The maximum atomic E-state index is 12.2. The van der Waals surface area contributed by atoms with Crippen LogP contribution >= 0.6 is 11.6 Å². The highest BCUT2D eigenvalue weighted by molar-refractivity contribution is 6.30. The number of nitrogens with one attached hydrogen (secondary N) is 1. The summed E-state index contributed by atoms with van der Waals surface area (Å²) in [5.74, 6) is 1.06. The molecule has 0 heterocycles. The van der Waals surface area contributed by atoms with Gasteiger partial charge in [0.25, 0.3) is 0 Å². The lowest BCUT2D eigenvalue weighted by atomic mass is 10.0. The third-order valence-corrected chi connectivity index (χ3v) is 4.31. The molecule has 4 nitrogen and oxygen atoms in total. The molecule has 1 amide bonds. The fourth-order valence-corrected chi connectivity index (χ4v) is 2.88. The van der Waals surface area contributed by atoms with Crippen LogP contribution in [0.15, 0.2) is 48.5 Å². The van der Waals surface area contributed by atoms with Crippen LogP contribution in [0.4, 0.5) is 0 Å². The minimum absolute atomic E-state index is 0.00581. The molecule has 0 aliphatic carbocycles. The fraction of sp³-hybridized carbons (Fsp3) is 0.350. The van der Waals surface area contributed by atoms with Gasteiger partial charge in [0.05, 0.1) is 13.7 Å². The number of halogens is 1. The van der Waals surface area contributed by atoms with E-state index in [0.717, 1.165) is 11.3 Å². The van der Waals surface area contributed by atoms with Gasteiger partial charge >= 0.3 is 0 Å². The number of methoxy groups -OCH3 is 1. The van der Waals surface area contributed by atoms with Crippen LogP contribution in [0, 0.1) is 0 Å². The predicted molar refractivity (Wildman–Crippen MR) is 102 cm³/mol. The molecule has 2 aromatic rings. The zero-order valence-electron chi connectivity index (χ0n) is 15.0. The fourth-order valence-electron chi connectivity index (χ4n) is 2.68. The first-order valence-electron chi connectivity index (χ1n) is 8.32. The lowest BCUT2D eigenvalue weighted by Crippen LogP contribution is -2.36. The minimum atomic E-state index is 0.00581. The summed E-state index contributed by atoms with van der Waals surface area (Å²) in [4.78, 5) is 14.1. The van der Waals surface area contributed by atoms with Crippen molar-refractivity contribution in [2.24, 2.45) is 0 Å². The van der Waals surface area contributed by atoms with E-state index >= 15 is 0 Å². The quantitative estimate of drug-likeness (QED) is 0.780. The largest absolute Gasteiger partial charge is 0.496 e. The Labute approximate surface area is 154 Å². The molecule has 1 atom stereocenters. The van der Waals surface area contributed by atoms with Crippen molar-refractivity contribution in [2.45, 2.75) is 19.4 Å². The lowest BCUT2D eigenvalue weighted by molar-refractivity contribution is -0.122. The molecule has 0 radical (unpaired) electrons. The van der Waals surface area contributed by atoms with E-state index in [1.54, 1.807) is 13.2 Å². The highest BCUT2D eigenvalue weighted by Gasteiger charge is 2.12. The second-order valence-electron chi connectivity index (χ2n) is 6.24. The number of carbonyl (C=O) groups excluding carboxylic acids is 1. The molecular weight excluding hydrogens is 336 g/mol. The molecule has 25 heavy (non-hydrogen) atoms. The van der Waals surface area contributed by atoms with Gasteiger partial charge in [-0.25, -0.2) is 0 Å². The van der Waals surface area contributed by atoms with Crippen molar-refractivity contribution in [3.05, 3.63) is 64.7 Å². The Bertz CT molecular complexity index is 691. The molecule has 2 rings (SSSR count). The summed E-state index contributed by atoms with van der Waals surface area (Å²) in [6.07, 6.45) is 0. The molecule has 0 saturated carbocycles. The highest BCUT2D eigenvalue weighted by Crippen LogP contribution is 2.23. The molecule has 0 aliphatic rings. The van der Waals surface area contributed by atoms with Crippen LogP contribution in [0.3, 0.4) is 0 Å². The Kier molecular flexibility index (Phi) is 7.29. The predicted octanol–water partition coefficient (Wildman–Crippen LogP) is 3.70. The zero-order valence-corrected chi connectivity index (χ0v) is 15.7. The van der Waals surface area contributed by atoms with Gasteiger partial charge in [-0.05, 0) is 36.7 Å². The van der Waals surface area contributed by atoms with E-state index in [9.17, 15) is 4.79 Å². The zero-order chi connectivity index (χ0) is 18.2. The monoisotopic (exact) mass is 360 g/mol. The van der Waals surface area contributed by atoms with E-state index in [-0.39, 0.29) is 11.8 Å². The number of amides is 1. The molecule has 0 aromatic heterocycles. The Hall–Kier alpha value is -2.04. The second kappa shape index (κ2) is 9.44. The molecular formula is C20H25ClN2O2. The summed E-state index contributed by atoms with van der Waals surface area (Å²) in [6, 6.07) is 15.7. The lowest BCUT2D eigenvalue weighted by Gasteiger charge is -2.19. The first-order valence-corrected chi connectivity index (χ1v) is 8.70. The molecule has 0 saturated heterocycles. The standard InChI is InChI=1S/C20H25ClN2O2/c1-15(16-7-5-4-6-8-16)12-22-20(24)14-23(2)13-17-11-18(21)9-10-19(17)25-3/h4-11,15H,12-14H2,1-3H3,(H,22,24)/t15-/m0/s1. The average molecular weight is 361 g/mol. The van der Waals surface area contributed by atoms with E-state index in [1.165, 1.54) is 5.56 Å². The number of likely N-dealkylation sites (N-methyl/N-ethyl adjacent to an activating group) is 1. The molecule has 134 valence electrons. The number of benzene rings is 2. The number of ether oxygens (including phenoxy) is 1. The highest BCUT2D eigenvalue weighted by atomic mass is 35.5. The second-order valence-corrected chi connectivity index (χ2v) is 6.68. The third kappa shape index (κ3) is 6.07. The molecule has 1 N–H and O–H groups in total. The van der Waals surface area contributed by atoms with Crippen LogP contribution < -0.4 is 10.1 Å². The molecule has 0 aliphatic heterocycles. The van der Waals surface area contributed by atoms with Gasteiger partial charge < -0.3 is 10.1 Å². The number of hydrogen-bond acceptors (Lipinski definition) is 3. The maximum absolute atomic E-state index is 12.2. The van der Waals surface area contributed by atoms with Crippen molar-refractivity contribution >= 4 is 17.5 Å². The Morgan fingerprint density at radius 3 is 2.64 bits per heavy atom. The summed E-state index contributed by atoms with van der Waals surface area (Å²) in [5, 5.41) is 3.66. The minimum Gasteiger partial charge on any atom is -0.496 e. The van der Waals surface area contributed by atoms with Gasteiger partial charge in [-0.2, -0.15) is 0 Å². The van der Waals surface area contributed by atoms with Crippen molar-refractivity contribution in [2.75, 3.05) is 27.2 Å². The van der Waals surface area contributed by atoms with E-state index in [0.29, 0.717) is 24.7 Å². The van der Waals surface area contributed by atoms with Gasteiger partial charge in [0.1, 0.15) is 5.75 Å². The molecule has 5 heteroatoms.